The molecule has 120 valence electrons. The second-order valence-corrected chi connectivity index (χ2v) is 5.75. The fourth-order valence-electron chi connectivity index (χ4n) is 2.46. The van der Waals surface area contributed by atoms with Crippen LogP contribution in [0.2, 0.25) is 5.02 Å². The molecule has 0 saturated carbocycles. The van der Waals surface area contributed by atoms with Crippen LogP contribution < -0.4 is 0 Å². The Morgan fingerprint density at radius 2 is 2.09 bits per heavy atom. The number of ketones is 1. The topological polar surface area (TPSA) is 42.6 Å². The molecular formula is C16H11ClF3NO2. The Morgan fingerprint density at radius 1 is 1.30 bits per heavy atom. The summed E-state index contributed by atoms with van der Waals surface area (Å²) in [6, 6.07) is 5.08. The van der Waals surface area contributed by atoms with Gasteiger partial charge in [0, 0.05) is 47.1 Å². The molecule has 2 heterocycles. The van der Waals surface area contributed by atoms with Gasteiger partial charge in [0.15, 0.2) is 0 Å². The maximum atomic E-state index is 12.5. The maximum absolute atomic E-state index is 12.5. The molecule has 0 fully saturated rings. The molecule has 1 aliphatic heterocycles. The Kier molecular flexibility index (Phi) is 4.02. The number of carbonyl (C=O) groups is 1. The van der Waals surface area contributed by atoms with Crippen molar-refractivity contribution in [1.29, 1.82) is 0 Å². The fraction of sp³-hybridized carbons (Fsp3) is 0.250. The van der Waals surface area contributed by atoms with E-state index in [1.54, 1.807) is 18.2 Å². The molecule has 0 unspecified atom stereocenters. The number of allylic oxidation sites excluding steroid dienone is 1. The molecule has 0 saturated heterocycles. The highest BCUT2D eigenvalue weighted by Crippen LogP contribution is 2.32. The van der Waals surface area contributed by atoms with E-state index in [9.17, 15) is 18.0 Å². The number of nitrogens with zero attached hydrogens (tertiary/aromatic N) is 1. The van der Waals surface area contributed by atoms with Gasteiger partial charge in [-0.05, 0) is 18.2 Å². The number of carbonyl (C=O) groups excluding carboxylic acids is 1. The van der Waals surface area contributed by atoms with Crippen molar-refractivity contribution in [2.75, 3.05) is 0 Å². The van der Waals surface area contributed by atoms with E-state index in [2.05, 4.69) is 4.99 Å². The van der Waals surface area contributed by atoms with E-state index in [1.165, 1.54) is 6.26 Å². The Balaban J connectivity index is 1.64. The van der Waals surface area contributed by atoms with Crippen LogP contribution in [0.1, 0.15) is 18.4 Å². The van der Waals surface area contributed by atoms with Gasteiger partial charge in [0.25, 0.3) is 0 Å². The highest BCUT2D eigenvalue weighted by atomic mass is 35.5. The Hall–Kier alpha value is -2.08. The molecule has 7 heteroatoms. The molecule has 1 aliphatic rings. The van der Waals surface area contributed by atoms with Gasteiger partial charge in [-0.15, -0.1) is 0 Å². The molecule has 23 heavy (non-hydrogen) atoms. The zero-order valence-corrected chi connectivity index (χ0v) is 12.5. The molecule has 3 nitrogen and oxygen atoms in total. The van der Waals surface area contributed by atoms with Gasteiger partial charge in [-0.25, -0.2) is 0 Å². The predicted molar refractivity (Wildman–Crippen MR) is 80.7 cm³/mol. The Bertz CT molecular complexity index is 833. The molecular weight excluding hydrogens is 331 g/mol. The van der Waals surface area contributed by atoms with E-state index in [0.717, 1.165) is 11.6 Å². The van der Waals surface area contributed by atoms with Crippen LogP contribution in [0.5, 0.6) is 0 Å². The number of hydrogen-bond donors (Lipinski definition) is 0. The highest BCUT2D eigenvalue weighted by molar-refractivity contribution is 6.31. The molecule has 1 aromatic heterocycles. The van der Waals surface area contributed by atoms with E-state index in [0.29, 0.717) is 16.2 Å². The third-order valence-corrected chi connectivity index (χ3v) is 3.80. The molecule has 0 N–H and O–H groups in total. The second kappa shape index (κ2) is 5.85. The van der Waals surface area contributed by atoms with Gasteiger partial charge < -0.3 is 4.42 Å². The first-order valence-corrected chi connectivity index (χ1v) is 7.20. The number of halogens is 4. The highest BCUT2D eigenvalue weighted by Gasteiger charge is 2.36. The summed E-state index contributed by atoms with van der Waals surface area (Å²) in [5, 5.41) is 1.29. The van der Waals surface area contributed by atoms with Crippen LogP contribution in [0.3, 0.4) is 0 Å². The smallest absolute Gasteiger partial charge is 0.414 e. The summed E-state index contributed by atoms with van der Waals surface area (Å²) in [5.41, 5.74) is 0.769. The first kappa shape index (κ1) is 15.8. The average Bonchev–Trinajstić information content (AvgIpc) is 3.05. The summed E-state index contributed by atoms with van der Waals surface area (Å²) in [4.78, 5) is 15.8. The number of alkyl halides is 3. The number of hydrogen-bond acceptors (Lipinski definition) is 3. The number of benzene rings is 1. The van der Waals surface area contributed by atoms with E-state index in [4.69, 9.17) is 16.0 Å². The summed E-state index contributed by atoms with van der Waals surface area (Å²) in [5.74, 6) is -0.210. The third kappa shape index (κ3) is 3.47. The van der Waals surface area contributed by atoms with Crippen LogP contribution in [-0.4, -0.2) is 17.7 Å². The number of furan rings is 1. The van der Waals surface area contributed by atoms with Crippen LogP contribution >= 0.6 is 11.6 Å². The zero-order chi connectivity index (χ0) is 16.6. The molecule has 0 bridgehead atoms. The van der Waals surface area contributed by atoms with Gasteiger partial charge in [-0.3, -0.25) is 9.79 Å². The molecule has 2 aromatic rings. The summed E-state index contributed by atoms with van der Waals surface area (Å²) in [7, 11) is 0. The van der Waals surface area contributed by atoms with Gasteiger partial charge in [0.2, 0.25) is 0 Å². The van der Waals surface area contributed by atoms with Crippen molar-refractivity contribution in [2.24, 2.45) is 4.99 Å². The van der Waals surface area contributed by atoms with Crippen LogP contribution in [0.4, 0.5) is 13.2 Å². The Labute approximate surface area is 134 Å². The summed E-state index contributed by atoms with van der Waals surface area (Å²) in [6.07, 6.45) is -2.48. The molecule has 0 aliphatic carbocycles. The lowest BCUT2D eigenvalue weighted by Gasteiger charge is -2.06. The van der Waals surface area contributed by atoms with Gasteiger partial charge in [-0.2, -0.15) is 13.2 Å². The van der Waals surface area contributed by atoms with Gasteiger partial charge in [-0.1, -0.05) is 11.6 Å². The van der Waals surface area contributed by atoms with Crippen LogP contribution in [-0.2, 0) is 11.2 Å². The number of aliphatic imine (C=N–C) groups is 1. The van der Waals surface area contributed by atoms with E-state index in [-0.39, 0.29) is 30.8 Å². The van der Waals surface area contributed by atoms with Crippen molar-refractivity contribution < 1.29 is 22.4 Å². The van der Waals surface area contributed by atoms with E-state index in [1.807, 2.05) is 0 Å². The molecule has 0 atom stereocenters. The molecule has 0 radical (unpaired) electrons. The van der Waals surface area contributed by atoms with Crippen LogP contribution in [0.15, 0.2) is 45.6 Å². The van der Waals surface area contributed by atoms with E-state index < -0.39 is 11.7 Å². The minimum atomic E-state index is -4.39. The van der Waals surface area contributed by atoms with Crippen molar-refractivity contribution in [3.63, 3.8) is 0 Å². The number of fused-ring (bicyclic) bond motifs is 1. The van der Waals surface area contributed by atoms with Crippen molar-refractivity contribution >= 4 is 34.1 Å². The average molecular weight is 342 g/mol. The molecule has 1 aromatic carbocycles. The normalized spacial score (nSPS) is 15.0. The molecule has 0 spiro atoms. The Morgan fingerprint density at radius 3 is 2.78 bits per heavy atom. The van der Waals surface area contributed by atoms with Gasteiger partial charge >= 0.3 is 6.18 Å². The number of rotatable bonds is 4. The SMILES string of the molecule is O=C(CC1=NC=C(C(F)(F)F)C1)Cc1coc2cc(Cl)ccc12. The number of Topliss-reactive ketones (excluding diaryl/α,β-unsaturated/α-hetero) is 1. The molecule has 0 amide bonds. The second-order valence-electron chi connectivity index (χ2n) is 5.32. The van der Waals surface area contributed by atoms with Crippen LogP contribution in [0.25, 0.3) is 11.0 Å². The zero-order valence-electron chi connectivity index (χ0n) is 11.8. The van der Waals surface area contributed by atoms with Gasteiger partial charge in [0.1, 0.15) is 11.4 Å². The largest absolute Gasteiger partial charge is 0.464 e. The van der Waals surface area contributed by atoms with Crippen molar-refractivity contribution in [2.45, 2.75) is 25.4 Å². The standard InChI is InChI=1S/C16H11ClF3NO2/c17-11-1-2-14-9(8-23-15(14)5-11)3-13(22)6-12-4-10(7-21-12)16(18,19)20/h1-2,5,7-8H,3-4,6H2. The third-order valence-electron chi connectivity index (χ3n) is 3.57. The van der Waals surface area contributed by atoms with E-state index >= 15 is 0 Å². The first-order valence-electron chi connectivity index (χ1n) is 6.82. The maximum Gasteiger partial charge on any atom is 0.414 e. The fourth-order valence-corrected chi connectivity index (χ4v) is 2.62. The summed E-state index contributed by atoms with van der Waals surface area (Å²) < 4.78 is 42.9. The van der Waals surface area contributed by atoms with Crippen molar-refractivity contribution in [1.82, 2.24) is 0 Å². The van der Waals surface area contributed by atoms with Crippen molar-refractivity contribution in [3.05, 3.63) is 46.8 Å². The lowest BCUT2D eigenvalue weighted by Crippen LogP contribution is -2.14. The quantitative estimate of drug-likeness (QED) is 0.795. The summed E-state index contributed by atoms with van der Waals surface area (Å²) in [6.45, 7) is 0. The minimum Gasteiger partial charge on any atom is -0.464 e. The minimum absolute atomic E-state index is 0.0784. The predicted octanol–water partition coefficient (Wildman–Crippen LogP) is 4.88. The monoisotopic (exact) mass is 341 g/mol. The van der Waals surface area contributed by atoms with Crippen LogP contribution in [0, 0.1) is 0 Å². The summed E-state index contributed by atoms with van der Waals surface area (Å²) >= 11 is 5.86. The van der Waals surface area contributed by atoms with Crippen molar-refractivity contribution in [3.8, 4) is 0 Å². The molecule has 3 rings (SSSR count). The lowest BCUT2D eigenvalue weighted by molar-refractivity contribution is -0.117. The first-order chi connectivity index (χ1) is 10.8. The lowest BCUT2D eigenvalue weighted by atomic mass is 10.0. The van der Waals surface area contributed by atoms with Gasteiger partial charge in [0.05, 0.1) is 11.8 Å².